The minimum absolute atomic E-state index is 0.0232. The van der Waals surface area contributed by atoms with Crippen LogP contribution in [0, 0.1) is 6.92 Å². The fraction of sp³-hybridized carbons (Fsp3) is 0.333. The van der Waals surface area contributed by atoms with Crippen molar-refractivity contribution in [2.24, 2.45) is 0 Å². The van der Waals surface area contributed by atoms with E-state index in [4.69, 9.17) is 14.3 Å². The van der Waals surface area contributed by atoms with Gasteiger partial charge in [0.1, 0.15) is 24.3 Å². The van der Waals surface area contributed by atoms with Gasteiger partial charge < -0.3 is 14.3 Å². The van der Waals surface area contributed by atoms with Crippen molar-refractivity contribution >= 4 is 21.7 Å². The summed E-state index contributed by atoms with van der Waals surface area (Å²) in [5.74, 6) is -0.388. The van der Waals surface area contributed by atoms with Gasteiger partial charge >= 0.3 is 5.97 Å². The van der Waals surface area contributed by atoms with E-state index in [9.17, 15) is 17.6 Å². The number of hydrogen-bond acceptors (Lipinski definition) is 6. The topological polar surface area (TPSA) is 110 Å². The first-order valence-corrected chi connectivity index (χ1v) is 12.3. The van der Waals surface area contributed by atoms with E-state index in [1.807, 2.05) is 0 Å². The van der Waals surface area contributed by atoms with Gasteiger partial charge in [0.05, 0.1) is 23.5 Å². The number of nitrogens with zero attached hydrogens (tertiary/aromatic N) is 2. The molecule has 2 heterocycles. The van der Waals surface area contributed by atoms with E-state index >= 15 is 0 Å². The highest BCUT2D eigenvalue weighted by atomic mass is 32.2. The van der Waals surface area contributed by atoms with Crippen molar-refractivity contribution in [2.75, 3.05) is 10.8 Å². The molecular weight excluding hydrogens is 463 g/mol. The van der Waals surface area contributed by atoms with E-state index in [1.165, 1.54) is 37.4 Å². The van der Waals surface area contributed by atoms with Crippen molar-refractivity contribution in [1.82, 2.24) is 4.98 Å². The molecule has 180 valence electrons. The number of furan rings is 1. The van der Waals surface area contributed by atoms with Gasteiger partial charge in [-0.3, -0.25) is 9.29 Å². The fourth-order valence-electron chi connectivity index (χ4n) is 3.90. The molecule has 1 aliphatic carbocycles. The summed E-state index contributed by atoms with van der Waals surface area (Å²) in [4.78, 5) is 15.1. The summed E-state index contributed by atoms with van der Waals surface area (Å²) < 4.78 is 53.5. The van der Waals surface area contributed by atoms with Gasteiger partial charge in [0.25, 0.3) is 10.0 Å². The summed E-state index contributed by atoms with van der Waals surface area (Å²) in [5, 5.41) is 8.77. The Kier molecular flexibility index (Phi) is 6.60. The van der Waals surface area contributed by atoms with Gasteiger partial charge in [-0.25, -0.2) is 9.18 Å². The van der Waals surface area contributed by atoms with Gasteiger partial charge in [0.2, 0.25) is 5.09 Å². The number of hydrogen-bond donors (Lipinski definition) is 1. The molecule has 1 N–H and O–H groups in total. The third kappa shape index (κ3) is 4.91. The molecule has 1 atom stereocenters. The maximum absolute atomic E-state index is 14.2. The fourth-order valence-corrected chi connectivity index (χ4v) is 5.40. The Balaban J connectivity index is 1.73. The second-order valence-corrected chi connectivity index (χ2v) is 10.0. The molecule has 1 aliphatic rings. The van der Waals surface area contributed by atoms with Gasteiger partial charge in [-0.15, -0.1) is 0 Å². The molecular formula is C24H25FN2O6S. The van der Waals surface area contributed by atoms with E-state index in [0.717, 1.165) is 34.7 Å². The second-order valence-electron chi connectivity index (χ2n) is 8.26. The first-order valence-electron chi connectivity index (χ1n) is 10.8. The van der Waals surface area contributed by atoms with Gasteiger partial charge in [-0.05, 0) is 80.6 Å². The molecule has 0 fully saturated rings. The zero-order chi connectivity index (χ0) is 24.5. The molecule has 10 heteroatoms. The highest BCUT2D eigenvalue weighted by Gasteiger charge is 2.32. The molecule has 0 bridgehead atoms. The lowest BCUT2D eigenvalue weighted by atomic mass is 10.1. The highest BCUT2D eigenvalue weighted by molar-refractivity contribution is 7.92. The maximum atomic E-state index is 14.2. The van der Waals surface area contributed by atoms with Crippen molar-refractivity contribution in [2.45, 2.75) is 51.0 Å². The Morgan fingerprint density at radius 1 is 1.24 bits per heavy atom. The molecule has 8 nitrogen and oxygen atoms in total. The molecule has 34 heavy (non-hydrogen) atoms. The Morgan fingerprint density at radius 2 is 1.97 bits per heavy atom. The zero-order valence-corrected chi connectivity index (χ0v) is 19.6. The molecule has 0 saturated carbocycles. The third-order valence-corrected chi connectivity index (χ3v) is 7.22. The Labute approximate surface area is 197 Å². The van der Waals surface area contributed by atoms with Gasteiger partial charge in [-0.1, -0.05) is 0 Å². The number of aryl methyl sites for hydroxylation is 3. The summed E-state index contributed by atoms with van der Waals surface area (Å²) in [6.45, 7) is 2.48. The van der Waals surface area contributed by atoms with Crippen molar-refractivity contribution in [3.05, 3.63) is 70.7 Å². The summed E-state index contributed by atoms with van der Waals surface area (Å²) in [7, 11) is -4.20. The maximum Gasteiger partial charge on any atom is 0.337 e. The zero-order valence-electron chi connectivity index (χ0n) is 18.8. The SMILES string of the molecule is Cc1ccc(S(=O)(=O)N(CC(C)F)c2cc3c(cc2OCc2ccc(C(=O)O)cn2)CCC3)o1. The van der Waals surface area contributed by atoms with E-state index in [1.54, 1.807) is 19.1 Å². The molecule has 0 radical (unpaired) electrons. The van der Waals surface area contributed by atoms with Gasteiger partial charge in [0, 0.05) is 6.20 Å². The van der Waals surface area contributed by atoms with Crippen molar-refractivity contribution in [3.63, 3.8) is 0 Å². The number of carboxylic acid groups (broad SMARTS) is 1. The largest absolute Gasteiger partial charge is 0.485 e. The minimum atomic E-state index is -4.20. The summed E-state index contributed by atoms with van der Waals surface area (Å²) in [6.07, 6.45) is 2.34. The van der Waals surface area contributed by atoms with Gasteiger partial charge in [0.15, 0.2) is 0 Å². The lowest BCUT2D eigenvalue weighted by Crippen LogP contribution is -2.35. The molecule has 3 aromatic rings. The lowest BCUT2D eigenvalue weighted by Gasteiger charge is -2.27. The number of fused-ring (bicyclic) bond motifs is 1. The number of sulfonamides is 1. The predicted molar refractivity (Wildman–Crippen MR) is 123 cm³/mol. The van der Waals surface area contributed by atoms with Crippen LogP contribution in [0.2, 0.25) is 0 Å². The van der Waals surface area contributed by atoms with Crippen LogP contribution >= 0.6 is 0 Å². The number of aromatic nitrogens is 1. The number of halogens is 1. The van der Waals surface area contributed by atoms with Crippen LogP contribution in [-0.2, 0) is 29.5 Å². The number of ether oxygens (including phenoxy) is 1. The van der Waals surface area contributed by atoms with Crippen LogP contribution in [0.3, 0.4) is 0 Å². The van der Waals surface area contributed by atoms with E-state index < -0.39 is 28.7 Å². The first kappa shape index (κ1) is 23.7. The summed E-state index contributed by atoms with van der Waals surface area (Å²) in [6, 6.07) is 9.37. The van der Waals surface area contributed by atoms with Crippen LogP contribution in [0.5, 0.6) is 5.75 Å². The molecule has 4 rings (SSSR count). The molecule has 0 aliphatic heterocycles. The monoisotopic (exact) mass is 488 g/mol. The number of pyridine rings is 1. The summed E-state index contributed by atoms with van der Waals surface area (Å²) >= 11 is 0. The molecule has 0 amide bonds. The smallest absolute Gasteiger partial charge is 0.337 e. The van der Waals surface area contributed by atoms with Crippen LogP contribution in [0.25, 0.3) is 0 Å². The van der Waals surface area contributed by atoms with Crippen molar-refractivity contribution in [3.8, 4) is 5.75 Å². The Morgan fingerprint density at radius 3 is 2.56 bits per heavy atom. The predicted octanol–water partition coefficient (Wildman–Crippen LogP) is 4.30. The van der Waals surface area contributed by atoms with Crippen LogP contribution in [0.1, 0.15) is 46.3 Å². The second kappa shape index (κ2) is 9.46. The third-order valence-electron chi connectivity index (χ3n) is 5.57. The molecule has 2 aromatic heterocycles. The van der Waals surface area contributed by atoms with Crippen LogP contribution in [-0.4, -0.2) is 37.2 Å². The number of aromatic carboxylic acids is 1. The average Bonchev–Trinajstić information content (AvgIpc) is 3.44. The summed E-state index contributed by atoms with van der Waals surface area (Å²) in [5.41, 5.74) is 2.78. The van der Waals surface area contributed by atoms with Crippen LogP contribution < -0.4 is 9.04 Å². The number of carboxylic acids is 1. The van der Waals surface area contributed by atoms with Crippen LogP contribution in [0.4, 0.5) is 10.1 Å². The van der Waals surface area contributed by atoms with Gasteiger partial charge in [-0.2, -0.15) is 8.42 Å². The van der Waals surface area contributed by atoms with Crippen molar-refractivity contribution in [1.29, 1.82) is 0 Å². The van der Waals surface area contributed by atoms with E-state index in [-0.39, 0.29) is 28.7 Å². The quantitative estimate of drug-likeness (QED) is 0.478. The van der Waals surface area contributed by atoms with E-state index in [0.29, 0.717) is 11.5 Å². The molecule has 0 spiro atoms. The average molecular weight is 489 g/mol. The number of alkyl halides is 1. The number of anilines is 1. The van der Waals surface area contributed by atoms with E-state index in [2.05, 4.69) is 4.98 Å². The van der Waals surface area contributed by atoms with Crippen LogP contribution in [0.15, 0.2) is 52.1 Å². The van der Waals surface area contributed by atoms with Crippen molar-refractivity contribution < 1.29 is 31.9 Å². The number of benzene rings is 1. The minimum Gasteiger partial charge on any atom is -0.485 e. The lowest BCUT2D eigenvalue weighted by molar-refractivity contribution is 0.0696. The highest BCUT2D eigenvalue weighted by Crippen LogP contribution is 2.39. The first-order chi connectivity index (χ1) is 16.1. The molecule has 1 unspecified atom stereocenters. The Hall–Kier alpha value is -3.40. The number of rotatable bonds is 9. The normalized spacial score (nSPS) is 14.0. The number of carbonyl (C=O) groups is 1. The molecule has 0 saturated heterocycles. The Bertz CT molecular complexity index is 1300. The molecule has 1 aromatic carbocycles. The standard InChI is InChI=1S/C24H25FN2O6S/c1-15(25)13-27(34(30,31)23-9-6-16(2)33-23)21-10-17-4-3-5-18(17)11-22(21)32-14-20-8-7-19(12-26-20)24(28)29/h6-12,15H,3-5,13-14H2,1-2H3,(H,28,29).